The number of Topliss-reactive ketones (excluding diaryl/α,β-unsaturated/α-hetero) is 2. The lowest BCUT2D eigenvalue weighted by atomic mass is 9.97. The molecule has 0 radical (unpaired) electrons. The van der Waals surface area contributed by atoms with Crippen LogP contribution in [0.15, 0.2) is 48.6 Å². The van der Waals surface area contributed by atoms with Gasteiger partial charge in [0, 0.05) is 0 Å². The van der Waals surface area contributed by atoms with Crippen molar-refractivity contribution in [2.24, 2.45) is 5.92 Å². The van der Waals surface area contributed by atoms with Crippen LogP contribution in [-0.2, 0) is 9.59 Å². The average molecular weight is 242 g/mol. The van der Waals surface area contributed by atoms with E-state index in [4.69, 9.17) is 0 Å². The average Bonchev–Trinajstić information content (AvgIpc) is 2.34. The van der Waals surface area contributed by atoms with Crippen LogP contribution in [0.4, 0.5) is 0 Å². The maximum absolute atomic E-state index is 11.2. The Morgan fingerprint density at radius 1 is 1.06 bits per heavy atom. The van der Waals surface area contributed by atoms with Crippen LogP contribution < -0.4 is 0 Å². The summed E-state index contributed by atoms with van der Waals surface area (Å²) < 4.78 is 0. The van der Waals surface area contributed by atoms with Crippen molar-refractivity contribution in [3.05, 3.63) is 54.1 Å². The highest BCUT2D eigenvalue weighted by Crippen LogP contribution is 2.07. The molecule has 0 saturated heterocycles. The Bertz CT molecular complexity index is 441. The number of benzene rings is 1. The quantitative estimate of drug-likeness (QED) is 0.565. The van der Waals surface area contributed by atoms with E-state index in [2.05, 4.69) is 0 Å². The molecule has 0 heterocycles. The van der Waals surface area contributed by atoms with Crippen LogP contribution >= 0.6 is 0 Å². The van der Waals surface area contributed by atoms with Gasteiger partial charge < -0.3 is 0 Å². The standard InChI is InChI=1S/C16H18O2/c1-13(17)16(14(2)18)12-8-4-7-11-15-9-5-3-6-10-15/h3-11,16H,12H2,1-2H3/b8-4+,11-7+. The number of hydrogen-bond acceptors (Lipinski definition) is 2. The highest BCUT2D eigenvalue weighted by Gasteiger charge is 2.16. The van der Waals surface area contributed by atoms with Crippen molar-refractivity contribution in [2.45, 2.75) is 20.3 Å². The van der Waals surface area contributed by atoms with E-state index < -0.39 is 5.92 Å². The minimum absolute atomic E-state index is 0.0702. The van der Waals surface area contributed by atoms with Gasteiger partial charge in [0.05, 0.1) is 5.92 Å². The van der Waals surface area contributed by atoms with Gasteiger partial charge in [0.25, 0.3) is 0 Å². The van der Waals surface area contributed by atoms with Gasteiger partial charge in [-0.15, -0.1) is 0 Å². The Morgan fingerprint density at radius 3 is 2.22 bits per heavy atom. The van der Waals surface area contributed by atoms with E-state index in [9.17, 15) is 9.59 Å². The van der Waals surface area contributed by atoms with E-state index in [1.807, 2.05) is 54.6 Å². The highest BCUT2D eigenvalue weighted by molar-refractivity contribution is 6.00. The van der Waals surface area contributed by atoms with Crippen molar-refractivity contribution >= 4 is 17.6 Å². The number of rotatable bonds is 6. The minimum atomic E-state index is -0.494. The summed E-state index contributed by atoms with van der Waals surface area (Å²) in [4.78, 5) is 22.4. The summed E-state index contributed by atoms with van der Waals surface area (Å²) in [6, 6.07) is 9.95. The molecule has 0 aliphatic heterocycles. The van der Waals surface area contributed by atoms with Gasteiger partial charge >= 0.3 is 0 Å². The number of hydrogen-bond donors (Lipinski definition) is 0. The molecular weight excluding hydrogens is 224 g/mol. The summed E-state index contributed by atoms with van der Waals surface area (Å²) in [6.07, 6.45) is 8.09. The molecule has 1 aromatic carbocycles. The lowest BCUT2D eigenvalue weighted by Crippen LogP contribution is -2.18. The number of allylic oxidation sites excluding steroid dienone is 3. The Kier molecular flexibility index (Phi) is 5.78. The van der Waals surface area contributed by atoms with Crippen LogP contribution in [0.5, 0.6) is 0 Å². The van der Waals surface area contributed by atoms with Crippen molar-refractivity contribution < 1.29 is 9.59 Å². The van der Waals surface area contributed by atoms with Gasteiger partial charge in [-0.2, -0.15) is 0 Å². The Morgan fingerprint density at radius 2 is 1.67 bits per heavy atom. The van der Waals surface area contributed by atoms with E-state index >= 15 is 0 Å². The summed E-state index contributed by atoms with van der Waals surface area (Å²) >= 11 is 0. The van der Waals surface area contributed by atoms with Gasteiger partial charge in [0.1, 0.15) is 11.6 Å². The molecule has 0 unspecified atom stereocenters. The maximum Gasteiger partial charge on any atom is 0.140 e. The third-order valence-corrected chi connectivity index (χ3v) is 2.69. The second-order valence-electron chi connectivity index (χ2n) is 4.21. The molecule has 0 N–H and O–H groups in total. The van der Waals surface area contributed by atoms with Crippen LogP contribution in [0.3, 0.4) is 0 Å². The van der Waals surface area contributed by atoms with Crippen LogP contribution in [0.1, 0.15) is 25.8 Å². The molecule has 18 heavy (non-hydrogen) atoms. The summed E-state index contributed by atoms with van der Waals surface area (Å²) in [5.41, 5.74) is 1.12. The second-order valence-corrected chi connectivity index (χ2v) is 4.21. The van der Waals surface area contributed by atoms with E-state index in [-0.39, 0.29) is 11.6 Å². The fraction of sp³-hybridized carbons (Fsp3) is 0.250. The van der Waals surface area contributed by atoms with Gasteiger partial charge in [-0.25, -0.2) is 0 Å². The second kappa shape index (κ2) is 7.38. The molecule has 0 spiro atoms. The lowest BCUT2D eigenvalue weighted by molar-refractivity contribution is -0.130. The molecule has 2 heteroatoms. The Labute approximate surface area is 108 Å². The summed E-state index contributed by atoms with van der Waals surface area (Å²) in [5.74, 6) is -0.634. The first-order valence-corrected chi connectivity index (χ1v) is 6.00. The Balaban J connectivity index is 2.48. The molecular formula is C16H18O2. The zero-order valence-corrected chi connectivity index (χ0v) is 10.8. The minimum Gasteiger partial charge on any atom is -0.299 e. The van der Waals surface area contributed by atoms with Crippen LogP contribution in [-0.4, -0.2) is 11.6 Å². The third kappa shape index (κ3) is 4.91. The molecule has 0 amide bonds. The number of carbonyl (C=O) groups is 2. The molecule has 0 atom stereocenters. The van der Waals surface area contributed by atoms with Gasteiger partial charge in [-0.1, -0.05) is 54.6 Å². The maximum atomic E-state index is 11.2. The molecule has 0 aliphatic rings. The molecule has 0 aromatic heterocycles. The van der Waals surface area contributed by atoms with Crippen LogP contribution in [0.2, 0.25) is 0 Å². The fourth-order valence-corrected chi connectivity index (χ4v) is 1.64. The van der Waals surface area contributed by atoms with Crippen molar-refractivity contribution in [3.63, 3.8) is 0 Å². The molecule has 0 aliphatic carbocycles. The molecule has 0 saturated carbocycles. The predicted octanol–water partition coefficient (Wildman–Crippen LogP) is 3.44. The fourth-order valence-electron chi connectivity index (χ4n) is 1.64. The SMILES string of the molecule is CC(=O)C(C/C=C/C=C/c1ccccc1)C(C)=O. The monoisotopic (exact) mass is 242 g/mol. The molecule has 1 aromatic rings. The third-order valence-electron chi connectivity index (χ3n) is 2.69. The summed E-state index contributed by atoms with van der Waals surface area (Å²) in [6.45, 7) is 2.92. The number of ketones is 2. The van der Waals surface area contributed by atoms with Crippen LogP contribution in [0, 0.1) is 5.92 Å². The zero-order chi connectivity index (χ0) is 13.4. The first-order chi connectivity index (χ1) is 8.61. The number of carbonyl (C=O) groups excluding carboxylic acids is 2. The van der Waals surface area contributed by atoms with Gasteiger partial charge in [0.2, 0.25) is 0 Å². The van der Waals surface area contributed by atoms with E-state index in [0.717, 1.165) is 5.56 Å². The molecule has 2 nitrogen and oxygen atoms in total. The highest BCUT2D eigenvalue weighted by atomic mass is 16.1. The smallest absolute Gasteiger partial charge is 0.140 e. The van der Waals surface area contributed by atoms with Crippen molar-refractivity contribution in [1.29, 1.82) is 0 Å². The summed E-state index contributed by atoms with van der Waals surface area (Å²) in [5, 5.41) is 0. The van der Waals surface area contributed by atoms with Crippen molar-refractivity contribution in [2.75, 3.05) is 0 Å². The summed E-state index contributed by atoms with van der Waals surface area (Å²) in [7, 11) is 0. The molecule has 94 valence electrons. The molecule has 0 bridgehead atoms. The first-order valence-electron chi connectivity index (χ1n) is 6.00. The molecule has 1 rings (SSSR count). The largest absolute Gasteiger partial charge is 0.299 e. The lowest BCUT2D eigenvalue weighted by Gasteiger charge is -2.05. The van der Waals surface area contributed by atoms with Gasteiger partial charge in [0.15, 0.2) is 0 Å². The van der Waals surface area contributed by atoms with E-state index in [1.54, 1.807) is 0 Å². The van der Waals surface area contributed by atoms with Gasteiger partial charge in [-0.3, -0.25) is 9.59 Å². The van der Waals surface area contributed by atoms with E-state index in [0.29, 0.717) is 6.42 Å². The van der Waals surface area contributed by atoms with Crippen molar-refractivity contribution in [1.82, 2.24) is 0 Å². The van der Waals surface area contributed by atoms with E-state index in [1.165, 1.54) is 13.8 Å². The molecule has 0 fully saturated rings. The van der Waals surface area contributed by atoms with Gasteiger partial charge in [-0.05, 0) is 25.8 Å². The Hall–Kier alpha value is -1.96. The first kappa shape index (κ1) is 14.1. The van der Waals surface area contributed by atoms with Crippen LogP contribution in [0.25, 0.3) is 6.08 Å². The normalized spacial score (nSPS) is 11.5. The topological polar surface area (TPSA) is 34.1 Å². The zero-order valence-electron chi connectivity index (χ0n) is 10.8. The van der Waals surface area contributed by atoms with Crippen molar-refractivity contribution in [3.8, 4) is 0 Å². The predicted molar refractivity (Wildman–Crippen MR) is 74.1 cm³/mol.